The van der Waals surface area contributed by atoms with Gasteiger partial charge < -0.3 is 4.74 Å². The Hall–Kier alpha value is -2.10. The third-order valence-electron chi connectivity index (χ3n) is 2.25. The van der Waals surface area contributed by atoms with E-state index in [0.29, 0.717) is 12.4 Å². The standard InChI is InChI=1S/C12H12N2O2/c1-16-11-7-8-14(12(15)13-11)9-10-5-3-2-4-6-10/h2-8H,9H2,1H3. The van der Waals surface area contributed by atoms with Crippen molar-refractivity contribution in [2.24, 2.45) is 0 Å². The highest BCUT2D eigenvalue weighted by Gasteiger charge is 2.00. The molecular formula is C12H12N2O2. The smallest absolute Gasteiger partial charge is 0.351 e. The fraction of sp³-hybridized carbons (Fsp3) is 0.167. The molecule has 0 spiro atoms. The van der Waals surface area contributed by atoms with Gasteiger partial charge in [-0.3, -0.25) is 4.57 Å². The first-order valence-corrected chi connectivity index (χ1v) is 4.95. The molecule has 1 aromatic carbocycles. The Bertz CT molecular complexity index is 520. The summed E-state index contributed by atoms with van der Waals surface area (Å²) in [6.45, 7) is 0.524. The van der Waals surface area contributed by atoms with Crippen LogP contribution in [-0.4, -0.2) is 16.7 Å². The lowest BCUT2D eigenvalue weighted by atomic mass is 10.2. The zero-order valence-electron chi connectivity index (χ0n) is 8.96. The SMILES string of the molecule is COc1ccn(Cc2ccccc2)c(=O)n1. The maximum Gasteiger partial charge on any atom is 0.351 e. The van der Waals surface area contributed by atoms with E-state index in [4.69, 9.17) is 4.74 Å². The van der Waals surface area contributed by atoms with Crippen molar-refractivity contribution in [3.05, 3.63) is 58.6 Å². The summed E-state index contributed by atoms with van der Waals surface area (Å²) in [5, 5.41) is 0. The summed E-state index contributed by atoms with van der Waals surface area (Å²) >= 11 is 0. The van der Waals surface area contributed by atoms with Gasteiger partial charge in [0.15, 0.2) is 0 Å². The van der Waals surface area contributed by atoms with E-state index >= 15 is 0 Å². The largest absolute Gasteiger partial charge is 0.481 e. The van der Waals surface area contributed by atoms with Crippen LogP contribution in [-0.2, 0) is 6.54 Å². The topological polar surface area (TPSA) is 44.1 Å². The number of methoxy groups -OCH3 is 1. The van der Waals surface area contributed by atoms with Gasteiger partial charge in [0, 0.05) is 12.3 Å². The number of benzene rings is 1. The Morgan fingerprint density at radius 2 is 2.00 bits per heavy atom. The Balaban J connectivity index is 2.26. The summed E-state index contributed by atoms with van der Waals surface area (Å²) in [5.74, 6) is 0.342. The Morgan fingerprint density at radius 3 is 2.62 bits per heavy atom. The molecular weight excluding hydrogens is 204 g/mol. The summed E-state index contributed by atoms with van der Waals surface area (Å²) in [5.41, 5.74) is 0.764. The zero-order valence-corrected chi connectivity index (χ0v) is 8.96. The second-order valence-electron chi connectivity index (χ2n) is 3.37. The lowest BCUT2D eigenvalue weighted by Crippen LogP contribution is -2.22. The van der Waals surface area contributed by atoms with Gasteiger partial charge in [-0.15, -0.1) is 0 Å². The van der Waals surface area contributed by atoms with Crippen LogP contribution in [0.4, 0.5) is 0 Å². The molecule has 4 nitrogen and oxygen atoms in total. The van der Waals surface area contributed by atoms with Gasteiger partial charge >= 0.3 is 5.69 Å². The predicted molar refractivity (Wildman–Crippen MR) is 60.6 cm³/mol. The number of hydrogen-bond acceptors (Lipinski definition) is 3. The molecule has 2 aromatic rings. The number of ether oxygens (including phenoxy) is 1. The van der Waals surface area contributed by atoms with Gasteiger partial charge in [-0.05, 0) is 5.56 Å². The quantitative estimate of drug-likeness (QED) is 0.776. The fourth-order valence-corrected chi connectivity index (χ4v) is 1.43. The molecule has 0 atom stereocenters. The molecule has 82 valence electrons. The van der Waals surface area contributed by atoms with Crippen LogP contribution in [0.2, 0.25) is 0 Å². The molecule has 0 aliphatic heterocycles. The summed E-state index contributed by atoms with van der Waals surface area (Å²) in [4.78, 5) is 15.3. The molecule has 0 unspecified atom stereocenters. The van der Waals surface area contributed by atoms with E-state index in [-0.39, 0.29) is 5.69 Å². The molecule has 0 radical (unpaired) electrons. The molecule has 16 heavy (non-hydrogen) atoms. The molecule has 0 saturated heterocycles. The van der Waals surface area contributed by atoms with E-state index in [1.807, 2.05) is 30.3 Å². The van der Waals surface area contributed by atoms with Crippen molar-refractivity contribution < 1.29 is 4.74 Å². The second kappa shape index (κ2) is 4.61. The second-order valence-corrected chi connectivity index (χ2v) is 3.37. The van der Waals surface area contributed by atoms with Gasteiger partial charge in [-0.2, -0.15) is 4.98 Å². The van der Waals surface area contributed by atoms with Crippen LogP contribution < -0.4 is 10.4 Å². The van der Waals surface area contributed by atoms with E-state index in [2.05, 4.69) is 4.98 Å². The molecule has 0 saturated carbocycles. The summed E-state index contributed by atoms with van der Waals surface area (Å²) in [6, 6.07) is 11.4. The molecule has 0 fully saturated rings. The molecule has 0 amide bonds. The van der Waals surface area contributed by atoms with E-state index < -0.39 is 0 Å². The minimum Gasteiger partial charge on any atom is -0.481 e. The number of rotatable bonds is 3. The van der Waals surface area contributed by atoms with Crippen molar-refractivity contribution in [1.29, 1.82) is 0 Å². The minimum absolute atomic E-state index is 0.303. The molecule has 0 bridgehead atoms. The van der Waals surface area contributed by atoms with Crippen molar-refractivity contribution in [3.63, 3.8) is 0 Å². The average molecular weight is 216 g/mol. The van der Waals surface area contributed by atoms with Crippen LogP contribution in [0.1, 0.15) is 5.56 Å². The number of nitrogens with zero attached hydrogens (tertiary/aromatic N) is 2. The molecule has 1 heterocycles. The van der Waals surface area contributed by atoms with Gasteiger partial charge in [0.05, 0.1) is 13.7 Å². The Morgan fingerprint density at radius 1 is 1.25 bits per heavy atom. The lowest BCUT2D eigenvalue weighted by Gasteiger charge is -2.05. The molecule has 2 rings (SSSR count). The van der Waals surface area contributed by atoms with Crippen LogP contribution in [0, 0.1) is 0 Å². The Labute approximate surface area is 93.1 Å². The molecule has 1 aromatic heterocycles. The average Bonchev–Trinajstić information content (AvgIpc) is 2.33. The number of aromatic nitrogens is 2. The van der Waals surface area contributed by atoms with E-state index in [1.54, 1.807) is 12.3 Å². The normalized spacial score (nSPS) is 10.1. The van der Waals surface area contributed by atoms with E-state index in [9.17, 15) is 4.79 Å². The van der Waals surface area contributed by atoms with Crippen molar-refractivity contribution in [1.82, 2.24) is 9.55 Å². The highest BCUT2D eigenvalue weighted by Crippen LogP contribution is 2.03. The number of hydrogen-bond donors (Lipinski definition) is 0. The molecule has 0 N–H and O–H groups in total. The highest BCUT2D eigenvalue weighted by atomic mass is 16.5. The summed E-state index contributed by atoms with van der Waals surface area (Å²) in [6.07, 6.45) is 1.68. The highest BCUT2D eigenvalue weighted by molar-refractivity contribution is 5.15. The first-order chi connectivity index (χ1) is 7.79. The van der Waals surface area contributed by atoms with E-state index in [0.717, 1.165) is 5.56 Å². The van der Waals surface area contributed by atoms with Crippen molar-refractivity contribution >= 4 is 0 Å². The monoisotopic (exact) mass is 216 g/mol. The van der Waals surface area contributed by atoms with Gasteiger partial charge in [0.2, 0.25) is 5.88 Å². The van der Waals surface area contributed by atoms with Crippen LogP contribution in [0.15, 0.2) is 47.4 Å². The van der Waals surface area contributed by atoms with E-state index in [1.165, 1.54) is 11.7 Å². The van der Waals surface area contributed by atoms with Crippen molar-refractivity contribution in [2.45, 2.75) is 6.54 Å². The van der Waals surface area contributed by atoms with Crippen LogP contribution in [0.3, 0.4) is 0 Å². The van der Waals surface area contributed by atoms with Crippen molar-refractivity contribution in [2.75, 3.05) is 7.11 Å². The first-order valence-electron chi connectivity index (χ1n) is 4.95. The summed E-state index contributed by atoms with van der Waals surface area (Å²) in [7, 11) is 1.49. The summed E-state index contributed by atoms with van der Waals surface area (Å²) < 4.78 is 6.42. The third kappa shape index (κ3) is 2.28. The fourth-order valence-electron chi connectivity index (χ4n) is 1.43. The van der Waals surface area contributed by atoms with Gasteiger partial charge in [-0.1, -0.05) is 30.3 Å². The third-order valence-corrected chi connectivity index (χ3v) is 2.25. The van der Waals surface area contributed by atoms with Crippen LogP contribution >= 0.6 is 0 Å². The molecule has 4 heteroatoms. The van der Waals surface area contributed by atoms with Gasteiger partial charge in [0.1, 0.15) is 0 Å². The van der Waals surface area contributed by atoms with Gasteiger partial charge in [0.25, 0.3) is 0 Å². The molecule has 0 aliphatic rings. The van der Waals surface area contributed by atoms with Crippen LogP contribution in [0.25, 0.3) is 0 Å². The van der Waals surface area contributed by atoms with Crippen LogP contribution in [0.5, 0.6) is 5.88 Å². The lowest BCUT2D eigenvalue weighted by molar-refractivity contribution is 0.392. The predicted octanol–water partition coefficient (Wildman–Crippen LogP) is 1.30. The Kier molecular flexibility index (Phi) is 3.00. The van der Waals surface area contributed by atoms with Crippen molar-refractivity contribution in [3.8, 4) is 5.88 Å². The minimum atomic E-state index is -0.303. The molecule has 0 aliphatic carbocycles. The van der Waals surface area contributed by atoms with Gasteiger partial charge in [-0.25, -0.2) is 4.79 Å². The maximum atomic E-state index is 11.6. The first kappa shape index (κ1) is 10.4. The zero-order chi connectivity index (χ0) is 11.4. The maximum absolute atomic E-state index is 11.6.